The van der Waals surface area contributed by atoms with Crippen molar-refractivity contribution >= 4 is 12.0 Å². The second-order valence-corrected chi connectivity index (χ2v) is 7.37. The van der Waals surface area contributed by atoms with Crippen LogP contribution in [0.4, 0.5) is 4.79 Å². The molecule has 0 saturated carbocycles. The number of rotatable bonds is 4. The lowest BCUT2D eigenvalue weighted by Gasteiger charge is -2.45. The highest BCUT2D eigenvalue weighted by Crippen LogP contribution is 2.45. The number of ether oxygens (including phenoxy) is 4. The van der Waals surface area contributed by atoms with Crippen molar-refractivity contribution in [2.45, 2.75) is 24.9 Å². The van der Waals surface area contributed by atoms with Crippen molar-refractivity contribution < 1.29 is 28.5 Å². The molecule has 4 rings (SSSR count). The Labute approximate surface area is 164 Å². The van der Waals surface area contributed by atoms with E-state index in [0.29, 0.717) is 51.4 Å². The van der Waals surface area contributed by atoms with Crippen LogP contribution < -0.4 is 9.47 Å². The van der Waals surface area contributed by atoms with Crippen LogP contribution in [-0.2, 0) is 26.3 Å². The Hall–Kier alpha value is -2.48. The molecule has 3 heterocycles. The summed E-state index contributed by atoms with van der Waals surface area (Å²) in [4.78, 5) is 27.4. The summed E-state index contributed by atoms with van der Waals surface area (Å²) in [6.07, 6.45) is 1.85. The van der Waals surface area contributed by atoms with Crippen LogP contribution in [0.1, 0.15) is 24.0 Å². The molecule has 152 valence electrons. The van der Waals surface area contributed by atoms with E-state index in [1.165, 1.54) is 10.5 Å². The molecule has 0 aliphatic carbocycles. The van der Waals surface area contributed by atoms with Crippen LogP contribution in [0.15, 0.2) is 12.1 Å². The lowest BCUT2D eigenvalue weighted by Crippen LogP contribution is -2.50. The number of nitrogens with zero attached hydrogens (tertiary/aromatic N) is 2. The van der Waals surface area contributed by atoms with Gasteiger partial charge >= 0.3 is 6.09 Å². The van der Waals surface area contributed by atoms with Crippen LogP contribution >= 0.6 is 0 Å². The van der Waals surface area contributed by atoms with Crippen LogP contribution in [-0.4, -0.2) is 75.4 Å². The Kier molecular flexibility index (Phi) is 5.05. The highest BCUT2D eigenvalue weighted by molar-refractivity contribution is 5.83. The van der Waals surface area contributed by atoms with E-state index in [4.69, 9.17) is 18.9 Å². The molecule has 1 aromatic carbocycles. The molecule has 28 heavy (non-hydrogen) atoms. The average molecular weight is 390 g/mol. The predicted octanol–water partition coefficient (Wildman–Crippen LogP) is 1.55. The van der Waals surface area contributed by atoms with Crippen molar-refractivity contribution in [3.05, 3.63) is 23.3 Å². The highest BCUT2D eigenvalue weighted by atomic mass is 16.6. The van der Waals surface area contributed by atoms with Gasteiger partial charge in [-0.25, -0.2) is 4.79 Å². The Morgan fingerprint density at radius 2 is 1.82 bits per heavy atom. The van der Waals surface area contributed by atoms with Crippen LogP contribution in [0.5, 0.6) is 11.5 Å². The van der Waals surface area contributed by atoms with Crippen molar-refractivity contribution in [1.82, 2.24) is 9.80 Å². The Morgan fingerprint density at radius 1 is 1.11 bits per heavy atom. The van der Waals surface area contributed by atoms with Crippen molar-refractivity contribution in [3.63, 3.8) is 0 Å². The average Bonchev–Trinajstić information content (AvgIpc) is 3.12. The van der Waals surface area contributed by atoms with Crippen molar-refractivity contribution in [2.24, 2.45) is 0 Å². The molecule has 2 amide bonds. The van der Waals surface area contributed by atoms with Gasteiger partial charge in [0.1, 0.15) is 13.2 Å². The van der Waals surface area contributed by atoms with Crippen LogP contribution in [0.3, 0.4) is 0 Å². The van der Waals surface area contributed by atoms with Gasteiger partial charge in [-0.1, -0.05) is 0 Å². The normalized spacial score (nSPS) is 20.7. The summed E-state index contributed by atoms with van der Waals surface area (Å²) in [6, 6.07) is 4.06. The van der Waals surface area contributed by atoms with Crippen molar-refractivity contribution in [2.75, 3.05) is 53.6 Å². The summed E-state index contributed by atoms with van der Waals surface area (Å²) in [5, 5.41) is 0. The van der Waals surface area contributed by atoms with E-state index in [2.05, 4.69) is 0 Å². The molecule has 2 saturated heterocycles. The molecule has 0 bridgehead atoms. The van der Waals surface area contributed by atoms with E-state index in [-0.39, 0.29) is 12.5 Å². The topological polar surface area (TPSA) is 77.5 Å². The summed E-state index contributed by atoms with van der Waals surface area (Å²) in [5.41, 5.74) is 1.94. The maximum absolute atomic E-state index is 12.6. The van der Waals surface area contributed by atoms with E-state index in [1.807, 2.05) is 17.0 Å². The van der Waals surface area contributed by atoms with Crippen molar-refractivity contribution in [1.29, 1.82) is 0 Å². The molecule has 1 spiro atoms. The quantitative estimate of drug-likeness (QED) is 0.776. The largest absolute Gasteiger partial charge is 0.493 e. The van der Waals surface area contributed by atoms with E-state index >= 15 is 0 Å². The second kappa shape index (κ2) is 7.50. The van der Waals surface area contributed by atoms with Gasteiger partial charge in [-0.3, -0.25) is 9.69 Å². The Morgan fingerprint density at radius 3 is 2.46 bits per heavy atom. The van der Waals surface area contributed by atoms with Gasteiger partial charge in [-0.05, 0) is 42.5 Å². The van der Waals surface area contributed by atoms with Gasteiger partial charge in [0.05, 0.1) is 33.0 Å². The Bertz CT molecular complexity index is 772. The predicted molar refractivity (Wildman–Crippen MR) is 99.6 cm³/mol. The lowest BCUT2D eigenvalue weighted by atomic mass is 9.79. The van der Waals surface area contributed by atoms with Gasteiger partial charge in [0.15, 0.2) is 11.5 Å². The first kappa shape index (κ1) is 18.9. The number of cyclic esters (lactones) is 1. The fourth-order valence-corrected chi connectivity index (χ4v) is 4.35. The van der Waals surface area contributed by atoms with Crippen LogP contribution in [0.2, 0.25) is 0 Å². The third kappa shape index (κ3) is 3.26. The number of benzene rings is 1. The third-order valence-corrected chi connectivity index (χ3v) is 5.94. The number of fused-ring (bicyclic) bond motifs is 2. The number of amides is 2. The zero-order valence-electron chi connectivity index (χ0n) is 16.4. The number of likely N-dealkylation sites (tertiary alicyclic amines) is 1. The molecular weight excluding hydrogens is 364 g/mol. The zero-order chi connectivity index (χ0) is 19.7. The number of hydrogen-bond acceptors (Lipinski definition) is 6. The molecule has 0 aromatic heterocycles. The number of carbonyl (C=O) groups excluding carboxylic acids is 2. The lowest BCUT2D eigenvalue weighted by molar-refractivity contribution is -0.141. The minimum absolute atomic E-state index is 0.0444. The van der Waals surface area contributed by atoms with Gasteiger partial charge in [-0.15, -0.1) is 0 Å². The molecule has 8 heteroatoms. The molecule has 3 aliphatic rings. The van der Waals surface area contributed by atoms with Gasteiger partial charge in [0.25, 0.3) is 0 Å². The molecular formula is C20H26N2O6. The number of hydrogen-bond donors (Lipinski definition) is 0. The summed E-state index contributed by atoms with van der Waals surface area (Å²) in [5.74, 6) is 1.37. The first-order valence-corrected chi connectivity index (χ1v) is 9.65. The number of carbonyl (C=O) groups is 2. The molecule has 3 aliphatic heterocycles. The van der Waals surface area contributed by atoms with Gasteiger partial charge in [0, 0.05) is 13.1 Å². The molecule has 0 radical (unpaired) electrons. The maximum Gasteiger partial charge on any atom is 0.410 e. The SMILES string of the molecule is COc1cc2c(cc1OC)C1(CCN(C(=O)CN3CCOC3=O)CC1)OCC2. The van der Waals surface area contributed by atoms with Crippen molar-refractivity contribution in [3.8, 4) is 11.5 Å². The maximum atomic E-state index is 12.6. The van der Waals surface area contributed by atoms with Gasteiger partial charge in [0.2, 0.25) is 5.91 Å². The smallest absolute Gasteiger partial charge is 0.410 e. The summed E-state index contributed by atoms with van der Waals surface area (Å²) in [6.45, 7) is 2.74. The fourth-order valence-electron chi connectivity index (χ4n) is 4.35. The second-order valence-electron chi connectivity index (χ2n) is 7.37. The van der Waals surface area contributed by atoms with Gasteiger partial charge in [-0.2, -0.15) is 0 Å². The minimum atomic E-state index is -0.410. The number of piperidine rings is 1. The molecule has 2 fully saturated rings. The molecule has 8 nitrogen and oxygen atoms in total. The monoisotopic (exact) mass is 390 g/mol. The van der Waals surface area contributed by atoms with E-state index in [0.717, 1.165) is 17.7 Å². The molecule has 0 unspecified atom stereocenters. The molecule has 1 aromatic rings. The summed E-state index contributed by atoms with van der Waals surface area (Å²) >= 11 is 0. The van der Waals surface area contributed by atoms with E-state index < -0.39 is 11.7 Å². The zero-order valence-corrected chi connectivity index (χ0v) is 16.4. The standard InChI is InChI=1S/C20H26N2O6/c1-25-16-11-14-3-9-28-20(15(14)12-17(16)26-2)4-6-21(7-5-20)18(23)13-22-8-10-27-19(22)24/h11-12H,3-10,13H2,1-2H3. The van der Waals surface area contributed by atoms with Crippen LogP contribution in [0.25, 0.3) is 0 Å². The summed E-state index contributed by atoms with van der Waals surface area (Å²) in [7, 11) is 3.27. The number of methoxy groups -OCH3 is 2. The first-order valence-electron chi connectivity index (χ1n) is 9.65. The highest BCUT2D eigenvalue weighted by Gasteiger charge is 2.42. The first-order chi connectivity index (χ1) is 13.6. The van der Waals surface area contributed by atoms with E-state index in [9.17, 15) is 9.59 Å². The summed E-state index contributed by atoms with van der Waals surface area (Å²) < 4.78 is 22.1. The van der Waals surface area contributed by atoms with E-state index in [1.54, 1.807) is 14.2 Å². The molecule has 0 atom stereocenters. The van der Waals surface area contributed by atoms with Gasteiger partial charge < -0.3 is 23.8 Å². The Balaban J connectivity index is 1.48. The van der Waals surface area contributed by atoms with Crippen LogP contribution in [0, 0.1) is 0 Å². The molecule has 0 N–H and O–H groups in total. The fraction of sp³-hybridized carbons (Fsp3) is 0.600. The third-order valence-electron chi connectivity index (χ3n) is 5.94. The minimum Gasteiger partial charge on any atom is -0.493 e.